The second-order valence-electron chi connectivity index (χ2n) is 5.71. The summed E-state index contributed by atoms with van der Waals surface area (Å²) >= 11 is 0. The average Bonchev–Trinajstić information content (AvgIpc) is 3.05. The summed E-state index contributed by atoms with van der Waals surface area (Å²) in [7, 11) is 0. The van der Waals surface area contributed by atoms with Crippen LogP contribution < -0.4 is 5.32 Å². The van der Waals surface area contributed by atoms with E-state index in [1.54, 1.807) is 4.68 Å². The number of nitrogens with one attached hydrogen (secondary N) is 1. The minimum absolute atomic E-state index is 0.113. The van der Waals surface area contributed by atoms with Crippen molar-refractivity contribution in [1.82, 2.24) is 20.1 Å². The smallest absolute Gasteiger partial charge is 0.326 e. The van der Waals surface area contributed by atoms with Crippen molar-refractivity contribution >= 4 is 5.97 Å². The molecule has 1 aliphatic carbocycles. The van der Waals surface area contributed by atoms with Gasteiger partial charge in [0.15, 0.2) is 0 Å². The van der Waals surface area contributed by atoms with Crippen molar-refractivity contribution in [3.63, 3.8) is 0 Å². The number of carbonyl (C=O) groups is 1. The van der Waals surface area contributed by atoms with Gasteiger partial charge in [-0.3, -0.25) is 10.1 Å². The Bertz CT molecular complexity index is 479. The van der Waals surface area contributed by atoms with Gasteiger partial charge in [-0.1, -0.05) is 0 Å². The molecule has 2 N–H and O–H groups in total. The molecule has 1 unspecified atom stereocenters. The number of rotatable bonds is 6. The van der Waals surface area contributed by atoms with Gasteiger partial charge < -0.3 is 5.11 Å². The van der Waals surface area contributed by atoms with E-state index in [4.69, 9.17) is 0 Å². The van der Waals surface area contributed by atoms with Gasteiger partial charge in [0.25, 0.3) is 0 Å². The first-order valence-corrected chi connectivity index (χ1v) is 6.74. The van der Waals surface area contributed by atoms with E-state index < -0.39 is 11.5 Å². The molecule has 6 nitrogen and oxygen atoms in total. The lowest BCUT2D eigenvalue weighted by molar-refractivity contribution is -0.147. The summed E-state index contributed by atoms with van der Waals surface area (Å²) < 4.78 is 1.71. The van der Waals surface area contributed by atoms with E-state index in [1.807, 2.05) is 27.7 Å². The fraction of sp³-hybridized carbons (Fsp3) is 0.769. The molecule has 0 aromatic carbocycles. The standard InChI is InChI=1S/C13H22N4O2/c1-8(2)15-13(12(18)19,11-5-6-11)7-17-10(4)14-9(3)16-17/h8,11,15H,5-7H2,1-4H3,(H,18,19). The first-order chi connectivity index (χ1) is 8.85. The minimum atomic E-state index is -0.931. The van der Waals surface area contributed by atoms with Crippen LogP contribution in [0.2, 0.25) is 0 Å². The zero-order valence-corrected chi connectivity index (χ0v) is 12.0. The lowest BCUT2D eigenvalue weighted by Crippen LogP contribution is -2.59. The quantitative estimate of drug-likeness (QED) is 0.806. The number of hydrogen-bond donors (Lipinski definition) is 2. The van der Waals surface area contributed by atoms with Crippen molar-refractivity contribution < 1.29 is 9.90 Å². The second-order valence-corrected chi connectivity index (χ2v) is 5.71. The summed E-state index contributed by atoms with van der Waals surface area (Å²) in [5.74, 6) is 0.819. The van der Waals surface area contributed by atoms with Gasteiger partial charge >= 0.3 is 5.97 Å². The second kappa shape index (κ2) is 4.92. The van der Waals surface area contributed by atoms with Gasteiger partial charge in [0, 0.05) is 6.04 Å². The predicted molar refractivity (Wildman–Crippen MR) is 70.9 cm³/mol. The van der Waals surface area contributed by atoms with Crippen molar-refractivity contribution in [2.45, 2.75) is 58.7 Å². The van der Waals surface area contributed by atoms with Crippen LogP contribution in [0.4, 0.5) is 0 Å². The van der Waals surface area contributed by atoms with Gasteiger partial charge in [-0.25, -0.2) is 9.67 Å². The Kier molecular flexibility index (Phi) is 3.62. The molecule has 0 saturated heterocycles. The third-order valence-electron chi connectivity index (χ3n) is 3.56. The normalized spacial score (nSPS) is 18.6. The summed E-state index contributed by atoms with van der Waals surface area (Å²) in [6, 6.07) is 0.113. The Hall–Kier alpha value is -1.43. The van der Waals surface area contributed by atoms with E-state index in [1.165, 1.54) is 0 Å². The maximum Gasteiger partial charge on any atom is 0.326 e. The summed E-state index contributed by atoms with van der Waals surface area (Å²) in [6.07, 6.45) is 1.91. The zero-order chi connectivity index (χ0) is 14.2. The Morgan fingerprint density at radius 1 is 1.53 bits per heavy atom. The molecule has 0 amide bonds. The topological polar surface area (TPSA) is 80.0 Å². The predicted octanol–water partition coefficient (Wildman–Crippen LogP) is 1.13. The molecular weight excluding hydrogens is 244 g/mol. The van der Waals surface area contributed by atoms with Crippen molar-refractivity contribution in [1.29, 1.82) is 0 Å². The van der Waals surface area contributed by atoms with E-state index >= 15 is 0 Å². The van der Waals surface area contributed by atoms with Gasteiger partial charge in [0.2, 0.25) is 0 Å². The number of carboxylic acids is 1. The van der Waals surface area contributed by atoms with E-state index in [-0.39, 0.29) is 12.0 Å². The van der Waals surface area contributed by atoms with E-state index in [2.05, 4.69) is 15.4 Å². The summed E-state index contributed by atoms with van der Waals surface area (Å²) in [6.45, 7) is 7.95. The molecule has 0 radical (unpaired) electrons. The van der Waals surface area contributed by atoms with Gasteiger partial charge in [0.05, 0.1) is 6.54 Å². The Labute approximate surface area is 113 Å². The third kappa shape index (κ3) is 2.78. The van der Waals surface area contributed by atoms with E-state index in [0.717, 1.165) is 18.7 Å². The maximum atomic E-state index is 11.8. The highest BCUT2D eigenvalue weighted by Gasteiger charge is 2.52. The van der Waals surface area contributed by atoms with Crippen LogP contribution >= 0.6 is 0 Å². The van der Waals surface area contributed by atoms with Crippen molar-refractivity contribution in [3.05, 3.63) is 11.6 Å². The molecule has 19 heavy (non-hydrogen) atoms. The number of hydrogen-bond acceptors (Lipinski definition) is 4. The minimum Gasteiger partial charge on any atom is -0.480 e. The summed E-state index contributed by atoms with van der Waals surface area (Å²) in [5.41, 5.74) is -0.931. The molecule has 1 fully saturated rings. The Morgan fingerprint density at radius 3 is 2.53 bits per heavy atom. The molecule has 0 aliphatic heterocycles. The van der Waals surface area contributed by atoms with Crippen LogP contribution in [0.3, 0.4) is 0 Å². The van der Waals surface area contributed by atoms with Crippen LogP contribution in [0, 0.1) is 19.8 Å². The van der Waals surface area contributed by atoms with Crippen molar-refractivity contribution in [2.75, 3.05) is 0 Å². The molecule has 1 saturated carbocycles. The van der Waals surface area contributed by atoms with Crippen molar-refractivity contribution in [3.8, 4) is 0 Å². The first kappa shape index (κ1) is 14.0. The number of aromatic nitrogens is 3. The molecule has 1 aliphatic rings. The summed E-state index contributed by atoms with van der Waals surface area (Å²) in [5, 5.41) is 17.3. The van der Waals surface area contributed by atoms with Gasteiger partial charge in [-0.2, -0.15) is 5.10 Å². The molecule has 6 heteroatoms. The lowest BCUT2D eigenvalue weighted by Gasteiger charge is -2.33. The molecule has 1 atom stereocenters. The van der Waals surface area contributed by atoms with Gasteiger partial charge in [0.1, 0.15) is 17.2 Å². The molecule has 106 valence electrons. The monoisotopic (exact) mass is 266 g/mol. The van der Waals surface area contributed by atoms with Crippen LogP contribution in [0.25, 0.3) is 0 Å². The summed E-state index contributed by atoms with van der Waals surface area (Å²) in [4.78, 5) is 16.1. The zero-order valence-electron chi connectivity index (χ0n) is 12.0. The third-order valence-corrected chi connectivity index (χ3v) is 3.56. The number of aliphatic carboxylic acids is 1. The highest BCUT2D eigenvalue weighted by molar-refractivity contribution is 5.79. The van der Waals surface area contributed by atoms with Crippen LogP contribution in [0.5, 0.6) is 0 Å². The fourth-order valence-corrected chi connectivity index (χ4v) is 2.64. The molecular formula is C13H22N4O2. The molecule has 0 bridgehead atoms. The maximum absolute atomic E-state index is 11.8. The number of aryl methyl sites for hydroxylation is 2. The molecule has 1 aromatic rings. The molecule has 0 spiro atoms. The Morgan fingerprint density at radius 2 is 2.16 bits per heavy atom. The van der Waals surface area contributed by atoms with E-state index in [9.17, 15) is 9.90 Å². The average molecular weight is 266 g/mol. The van der Waals surface area contributed by atoms with E-state index in [0.29, 0.717) is 12.4 Å². The number of carboxylic acid groups (broad SMARTS) is 1. The number of nitrogens with zero attached hydrogens (tertiary/aromatic N) is 3. The lowest BCUT2D eigenvalue weighted by atomic mass is 9.92. The van der Waals surface area contributed by atoms with Crippen LogP contribution in [0.15, 0.2) is 0 Å². The van der Waals surface area contributed by atoms with Gasteiger partial charge in [-0.15, -0.1) is 0 Å². The molecule has 1 aromatic heterocycles. The van der Waals surface area contributed by atoms with Crippen molar-refractivity contribution in [2.24, 2.45) is 5.92 Å². The SMILES string of the molecule is Cc1nc(C)n(CC(NC(C)C)(C(=O)O)C2CC2)n1. The largest absolute Gasteiger partial charge is 0.480 e. The van der Waals surface area contributed by atoms with Gasteiger partial charge in [-0.05, 0) is 46.5 Å². The van der Waals surface area contributed by atoms with Crippen LogP contribution in [0.1, 0.15) is 38.3 Å². The fourth-order valence-electron chi connectivity index (χ4n) is 2.64. The first-order valence-electron chi connectivity index (χ1n) is 6.74. The molecule has 2 rings (SSSR count). The Balaban J connectivity index is 2.31. The van der Waals surface area contributed by atoms with Crippen LogP contribution in [-0.4, -0.2) is 37.4 Å². The highest BCUT2D eigenvalue weighted by Crippen LogP contribution is 2.41. The van der Waals surface area contributed by atoms with Crippen LogP contribution in [-0.2, 0) is 11.3 Å². The highest BCUT2D eigenvalue weighted by atomic mass is 16.4. The molecule has 1 heterocycles.